The summed E-state index contributed by atoms with van der Waals surface area (Å²) in [6.45, 7) is 0.608. The molecule has 4 nitrogen and oxygen atoms in total. The van der Waals surface area contributed by atoms with Gasteiger partial charge in [-0.05, 0) is 34.5 Å². The van der Waals surface area contributed by atoms with Gasteiger partial charge < -0.3 is 5.11 Å². The van der Waals surface area contributed by atoms with Crippen LogP contribution < -0.4 is 0 Å². The molecular weight excluding hydrogens is 302 g/mol. The van der Waals surface area contributed by atoms with Gasteiger partial charge in [-0.3, -0.25) is 0 Å². The molecule has 0 aliphatic carbocycles. The average molecular weight is 312 g/mol. The largest absolute Gasteiger partial charge is 0.392 e. The van der Waals surface area contributed by atoms with Gasteiger partial charge in [0.15, 0.2) is 0 Å². The molecule has 1 atom stereocenters. The molecule has 2 heterocycles. The van der Waals surface area contributed by atoms with Gasteiger partial charge in [0, 0.05) is 13.1 Å². The summed E-state index contributed by atoms with van der Waals surface area (Å²) in [5.74, 6) is 0. The Morgan fingerprint density at radius 2 is 2.27 bits per heavy atom. The molecule has 0 aromatic carbocycles. The van der Waals surface area contributed by atoms with Gasteiger partial charge in [-0.15, -0.1) is 11.3 Å². The number of β-amino-alcohol motifs (C(OH)–C–C–N with tert-alkyl or cyclic N) is 1. The Morgan fingerprint density at radius 1 is 1.53 bits per heavy atom. The van der Waals surface area contributed by atoms with Crippen LogP contribution >= 0.6 is 27.3 Å². The maximum Gasteiger partial charge on any atom is 0.252 e. The van der Waals surface area contributed by atoms with E-state index in [2.05, 4.69) is 15.9 Å². The molecule has 1 aromatic heterocycles. The molecule has 0 radical (unpaired) electrons. The summed E-state index contributed by atoms with van der Waals surface area (Å²) in [5.41, 5.74) is 0. The van der Waals surface area contributed by atoms with E-state index in [0.717, 1.165) is 3.79 Å². The molecule has 0 unspecified atom stereocenters. The van der Waals surface area contributed by atoms with Crippen molar-refractivity contribution >= 4 is 37.3 Å². The summed E-state index contributed by atoms with van der Waals surface area (Å²) in [7, 11) is -3.39. The topological polar surface area (TPSA) is 57.6 Å². The van der Waals surface area contributed by atoms with Crippen molar-refractivity contribution in [2.24, 2.45) is 0 Å². The standard InChI is InChI=1S/C8H10BrNO3S2/c9-7-1-2-8(14-7)15(12,13)10-4-3-6(11)5-10/h1-2,6,11H,3-5H2/t6-/m1/s1. The van der Waals surface area contributed by atoms with Crippen LogP contribution in [0.15, 0.2) is 20.1 Å². The molecule has 1 fully saturated rings. The fourth-order valence-corrected chi connectivity index (χ4v) is 5.15. The minimum atomic E-state index is -3.39. The minimum Gasteiger partial charge on any atom is -0.392 e. The molecule has 1 aliphatic rings. The average Bonchev–Trinajstić information content (AvgIpc) is 2.74. The lowest BCUT2D eigenvalue weighted by atomic mass is 10.3. The monoisotopic (exact) mass is 311 g/mol. The molecule has 1 aromatic rings. The molecular formula is C8H10BrNO3S2. The number of halogens is 1. The molecule has 7 heteroatoms. The van der Waals surface area contributed by atoms with Crippen LogP contribution in [-0.2, 0) is 10.0 Å². The second-order valence-corrected chi connectivity index (χ2v) is 7.99. The van der Waals surface area contributed by atoms with E-state index in [1.54, 1.807) is 12.1 Å². The van der Waals surface area contributed by atoms with Crippen LogP contribution in [0.3, 0.4) is 0 Å². The third-order valence-corrected chi connectivity index (χ3v) is 6.23. The molecule has 0 saturated carbocycles. The molecule has 0 amide bonds. The first-order valence-electron chi connectivity index (χ1n) is 4.44. The zero-order chi connectivity index (χ0) is 11.1. The fourth-order valence-electron chi connectivity index (χ4n) is 1.49. The lowest BCUT2D eigenvalue weighted by molar-refractivity contribution is 0.189. The number of hydrogen-bond acceptors (Lipinski definition) is 4. The molecule has 2 rings (SSSR count). The number of rotatable bonds is 2. The van der Waals surface area contributed by atoms with Crippen molar-refractivity contribution in [3.05, 3.63) is 15.9 Å². The summed E-state index contributed by atoms with van der Waals surface area (Å²) >= 11 is 4.42. The predicted molar refractivity (Wildman–Crippen MR) is 61.4 cm³/mol. The fraction of sp³-hybridized carbons (Fsp3) is 0.500. The summed E-state index contributed by atoms with van der Waals surface area (Å²) in [6.07, 6.45) is -0.00522. The maximum absolute atomic E-state index is 12.0. The van der Waals surface area contributed by atoms with Crippen LogP contribution in [0, 0.1) is 0 Å². The van der Waals surface area contributed by atoms with Gasteiger partial charge in [0.25, 0.3) is 10.0 Å². The van der Waals surface area contributed by atoms with Crippen LogP contribution in [0.1, 0.15) is 6.42 Å². The summed E-state index contributed by atoms with van der Waals surface area (Å²) in [6, 6.07) is 3.29. The van der Waals surface area contributed by atoms with E-state index < -0.39 is 16.1 Å². The van der Waals surface area contributed by atoms with Crippen molar-refractivity contribution in [1.82, 2.24) is 4.31 Å². The van der Waals surface area contributed by atoms with Crippen molar-refractivity contribution < 1.29 is 13.5 Å². The van der Waals surface area contributed by atoms with Gasteiger partial charge in [0.1, 0.15) is 4.21 Å². The highest BCUT2D eigenvalue weighted by Gasteiger charge is 2.32. The molecule has 0 spiro atoms. The molecule has 1 N–H and O–H groups in total. The van der Waals surface area contributed by atoms with Crippen LogP contribution in [0.25, 0.3) is 0 Å². The molecule has 15 heavy (non-hydrogen) atoms. The number of thiophene rings is 1. The number of aliphatic hydroxyl groups excluding tert-OH is 1. The molecule has 1 aliphatic heterocycles. The van der Waals surface area contributed by atoms with Crippen molar-refractivity contribution in [2.45, 2.75) is 16.7 Å². The zero-order valence-electron chi connectivity index (χ0n) is 7.76. The number of hydrogen-bond donors (Lipinski definition) is 1. The summed E-state index contributed by atoms with van der Waals surface area (Å²) in [5, 5.41) is 9.30. The Kier molecular flexibility index (Phi) is 3.18. The summed E-state index contributed by atoms with van der Waals surface area (Å²) in [4.78, 5) is 0. The third-order valence-electron chi connectivity index (χ3n) is 2.27. The lowest BCUT2D eigenvalue weighted by Crippen LogP contribution is -2.29. The zero-order valence-corrected chi connectivity index (χ0v) is 11.0. The normalized spacial score (nSPS) is 23.5. The highest BCUT2D eigenvalue weighted by Crippen LogP contribution is 2.29. The molecule has 0 bridgehead atoms. The van der Waals surface area contributed by atoms with E-state index in [4.69, 9.17) is 0 Å². The first-order valence-corrected chi connectivity index (χ1v) is 7.48. The van der Waals surface area contributed by atoms with Crippen molar-refractivity contribution in [1.29, 1.82) is 0 Å². The van der Waals surface area contributed by atoms with Crippen LogP contribution in [-0.4, -0.2) is 37.0 Å². The lowest BCUT2D eigenvalue weighted by Gasteiger charge is -2.13. The maximum atomic E-state index is 12.0. The van der Waals surface area contributed by atoms with Gasteiger partial charge in [-0.25, -0.2) is 8.42 Å². The minimum absolute atomic E-state index is 0.206. The van der Waals surface area contributed by atoms with Gasteiger partial charge in [-0.2, -0.15) is 4.31 Å². The Morgan fingerprint density at radius 3 is 2.73 bits per heavy atom. The van der Waals surface area contributed by atoms with E-state index in [1.165, 1.54) is 15.6 Å². The predicted octanol–water partition coefficient (Wildman–Crippen LogP) is 1.27. The van der Waals surface area contributed by atoms with Crippen molar-refractivity contribution in [3.63, 3.8) is 0 Å². The van der Waals surface area contributed by atoms with Crippen molar-refractivity contribution in [3.8, 4) is 0 Å². The quantitative estimate of drug-likeness (QED) is 0.894. The second kappa shape index (κ2) is 4.14. The van der Waals surface area contributed by atoms with Gasteiger partial charge in [0.2, 0.25) is 0 Å². The molecule has 84 valence electrons. The number of nitrogens with zero attached hydrogens (tertiary/aromatic N) is 1. The number of sulfonamides is 1. The van der Waals surface area contributed by atoms with Gasteiger partial charge in [-0.1, -0.05) is 0 Å². The van der Waals surface area contributed by atoms with E-state index in [1.807, 2.05) is 0 Å². The first-order chi connectivity index (χ1) is 7.00. The SMILES string of the molecule is O=S(=O)(c1ccc(Br)s1)N1CC[C@@H](O)C1. The number of aliphatic hydroxyl groups is 1. The Bertz CT molecular complexity index is 456. The van der Waals surface area contributed by atoms with Gasteiger partial charge in [0.05, 0.1) is 9.89 Å². The van der Waals surface area contributed by atoms with Crippen LogP contribution in [0.4, 0.5) is 0 Å². The summed E-state index contributed by atoms with van der Waals surface area (Å²) < 4.78 is 26.4. The van der Waals surface area contributed by atoms with Crippen LogP contribution in [0.5, 0.6) is 0 Å². The van der Waals surface area contributed by atoms with E-state index in [-0.39, 0.29) is 6.54 Å². The van der Waals surface area contributed by atoms with Crippen molar-refractivity contribution in [2.75, 3.05) is 13.1 Å². The Hall–Kier alpha value is 0.0500. The highest BCUT2D eigenvalue weighted by molar-refractivity contribution is 9.11. The van der Waals surface area contributed by atoms with Crippen LogP contribution in [0.2, 0.25) is 0 Å². The van der Waals surface area contributed by atoms with E-state index >= 15 is 0 Å². The van der Waals surface area contributed by atoms with E-state index in [0.29, 0.717) is 17.2 Å². The Labute approximate surface area is 101 Å². The smallest absolute Gasteiger partial charge is 0.252 e. The Balaban J connectivity index is 2.27. The van der Waals surface area contributed by atoms with Gasteiger partial charge >= 0.3 is 0 Å². The van der Waals surface area contributed by atoms with E-state index in [9.17, 15) is 13.5 Å². The molecule has 1 saturated heterocycles. The first kappa shape index (κ1) is 11.5. The second-order valence-electron chi connectivity index (χ2n) is 3.36. The third kappa shape index (κ3) is 2.26. The highest BCUT2D eigenvalue weighted by atomic mass is 79.9.